The van der Waals surface area contributed by atoms with Crippen LogP contribution in [0.1, 0.15) is 57.2 Å². The summed E-state index contributed by atoms with van der Waals surface area (Å²) in [6.07, 6.45) is 5.43. The number of nitrogens with zero attached hydrogens (tertiary/aromatic N) is 1. The summed E-state index contributed by atoms with van der Waals surface area (Å²) in [6.45, 7) is 6.59. The van der Waals surface area contributed by atoms with Gasteiger partial charge in [-0.15, -0.1) is 11.3 Å². The third-order valence-electron chi connectivity index (χ3n) is 3.63. The Labute approximate surface area is 108 Å². The van der Waals surface area contributed by atoms with Crippen molar-refractivity contribution >= 4 is 11.3 Å². The van der Waals surface area contributed by atoms with Crippen LogP contribution in [0.2, 0.25) is 0 Å². The van der Waals surface area contributed by atoms with E-state index in [1.807, 2.05) is 0 Å². The lowest BCUT2D eigenvalue weighted by Crippen LogP contribution is -2.26. The average molecular weight is 253 g/mol. The lowest BCUT2D eigenvalue weighted by Gasteiger charge is -2.26. The van der Waals surface area contributed by atoms with E-state index in [9.17, 15) is 5.11 Å². The summed E-state index contributed by atoms with van der Waals surface area (Å²) < 4.78 is 0. The van der Waals surface area contributed by atoms with Crippen molar-refractivity contribution in [2.75, 3.05) is 0 Å². The second-order valence-corrected chi connectivity index (χ2v) is 7.14. The molecule has 1 aromatic heterocycles. The van der Waals surface area contributed by atoms with Crippen LogP contribution in [0, 0.1) is 5.92 Å². The van der Waals surface area contributed by atoms with Crippen molar-refractivity contribution in [1.82, 2.24) is 4.98 Å². The van der Waals surface area contributed by atoms with Crippen molar-refractivity contribution in [2.24, 2.45) is 5.92 Å². The monoisotopic (exact) mass is 253 g/mol. The first kappa shape index (κ1) is 13.0. The fraction of sp³-hybridized carbons (Fsp3) is 0.786. The van der Waals surface area contributed by atoms with Crippen molar-refractivity contribution in [2.45, 2.75) is 64.4 Å². The number of aromatic nitrogens is 1. The first-order chi connectivity index (χ1) is 7.97. The van der Waals surface area contributed by atoms with Crippen LogP contribution in [-0.4, -0.2) is 16.2 Å². The van der Waals surface area contributed by atoms with Crippen LogP contribution < -0.4 is 0 Å². The summed E-state index contributed by atoms with van der Waals surface area (Å²) in [7, 11) is 0. The predicted octanol–water partition coefficient (Wildman–Crippen LogP) is 3.53. The highest BCUT2D eigenvalue weighted by Crippen LogP contribution is 2.30. The largest absolute Gasteiger partial charge is 0.393 e. The van der Waals surface area contributed by atoms with Gasteiger partial charge >= 0.3 is 0 Å². The van der Waals surface area contributed by atoms with Gasteiger partial charge < -0.3 is 5.11 Å². The molecule has 1 aromatic rings. The molecule has 1 aliphatic rings. The van der Waals surface area contributed by atoms with Crippen molar-refractivity contribution in [3.05, 3.63) is 16.1 Å². The normalized spacial score (nSPS) is 26.1. The minimum Gasteiger partial charge on any atom is -0.393 e. The lowest BCUT2D eigenvalue weighted by molar-refractivity contribution is 0.0699. The smallest absolute Gasteiger partial charge is 0.0932 e. The second kappa shape index (κ2) is 5.07. The number of hydrogen-bond donors (Lipinski definition) is 1. The zero-order valence-electron chi connectivity index (χ0n) is 11.1. The molecule has 0 aromatic carbocycles. The van der Waals surface area contributed by atoms with Gasteiger partial charge in [0.25, 0.3) is 0 Å². The third-order valence-corrected chi connectivity index (χ3v) is 4.50. The van der Waals surface area contributed by atoms with E-state index in [2.05, 4.69) is 26.2 Å². The average Bonchev–Trinajstić information content (AvgIpc) is 2.69. The highest BCUT2D eigenvalue weighted by Gasteiger charge is 2.25. The fourth-order valence-corrected chi connectivity index (χ4v) is 3.51. The molecule has 96 valence electrons. The highest BCUT2D eigenvalue weighted by atomic mass is 32.1. The Morgan fingerprint density at radius 1 is 1.35 bits per heavy atom. The molecule has 0 aliphatic heterocycles. The first-order valence-corrected chi connectivity index (χ1v) is 7.48. The minimum absolute atomic E-state index is 0.106. The van der Waals surface area contributed by atoms with E-state index in [-0.39, 0.29) is 11.5 Å². The van der Waals surface area contributed by atoms with E-state index in [0.29, 0.717) is 5.92 Å². The molecule has 1 saturated carbocycles. The predicted molar refractivity (Wildman–Crippen MR) is 72.5 cm³/mol. The molecule has 17 heavy (non-hydrogen) atoms. The molecule has 2 rings (SSSR count). The van der Waals surface area contributed by atoms with Crippen LogP contribution in [0.4, 0.5) is 0 Å². The summed E-state index contributed by atoms with van der Waals surface area (Å²) in [6, 6.07) is 0. The van der Waals surface area contributed by atoms with Gasteiger partial charge in [-0.3, -0.25) is 0 Å². The maximum Gasteiger partial charge on any atom is 0.0932 e. The Kier molecular flexibility index (Phi) is 3.88. The Morgan fingerprint density at radius 3 is 2.65 bits per heavy atom. The van der Waals surface area contributed by atoms with Crippen LogP contribution in [0.3, 0.4) is 0 Å². The Morgan fingerprint density at radius 2 is 2.06 bits per heavy atom. The summed E-state index contributed by atoms with van der Waals surface area (Å²) in [5, 5.41) is 13.3. The molecular formula is C14H23NOS. The Hall–Kier alpha value is -0.410. The molecule has 0 radical (unpaired) electrons. The van der Waals surface area contributed by atoms with E-state index in [4.69, 9.17) is 4.98 Å². The summed E-state index contributed by atoms with van der Waals surface area (Å²) >= 11 is 1.75. The molecular weight excluding hydrogens is 230 g/mol. The van der Waals surface area contributed by atoms with Gasteiger partial charge in [0.1, 0.15) is 0 Å². The Balaban J connectivity index is 2.01. The SMILES string of the molecule is CC(C)(C)c1csc(CC2CCCCC2O)n1. The topological polar surface area (TPSA) is 33.1 Å². The molecule has 2 unspecified atom stereocenters. The fourth-order valence-electron chi connectivity index (χ4n) is 2.40. The number of hydrogen-bond acceptors (Lipinski definition) is 3. The van der Waals surface area contributed by atoms with Crippen molar-refractivity contribution < 1.29 is 5.11 Å². The van der Waals surface area contributed by atoms with Gasteiger partial charge in [-0.05, 0) is 18.8 Å². The van der Waals surface area contributed by atoms with Gasteiger partial charge in [0.2, 0.25) is 0 Å². The van der Waals surface area contributed by atoms with E-state index in [1.54, 1.807) is 11.3 Å². The Bertz CT molecular complexity index is 367. The number of aliphatic hydroxyl groups excluding tert-OH is 1. The molecule has 0 spiro atoms. The number of rotatable bonds is 2. The van der Waals surface area contributed by atoms with Crippen molar-refractivity contribution in [1.29, 1.82) is 0 Å². The quantitative estimate of drug-likeness (QED) is 0.874. The number of aliphatic hydroxyl groups is 1. The number of thiazole rings is 1. The van der Waals surface area contributed by atoms with Crippen molar-refractivity contribution in [3.63, 3.8) is 0 Å². The van der Waals surface area contributed by atoms with Crippen LogP contribution in [0.25, 0.3) is 0 Å². The molecule has 3 heteroatoms. The molecule has 2 nitrogen and oxygen atoms in total. The standard InChI is InChI=1S/C14H23NOS/c1-14(2,3)12-9-17-13(15-12)8-10-6-4-5-7-11(10)16/h9-11,16H,4-8H2,1-3H3. The van der Waals surface area contributed by atoms with Crippen LogP contribution in [0.5, 0.6) is 0 Å². The summed E-state index contributed by atoms with van der Waals surface area (Å²) in [5.74, 6) is 0.433. The zero-order valence-corrected chi connectivity index (χ0v) is 11.9. The molecule has 0 saturated heterocycles. The second-order valence-electron chi connectivity index (χ2n) is 6.19. The first-order valence-electron chi connectivity index (χ1n) is 6.60. The van der Waals surface area contributed by atoms with Crippen LogP contribution in [-0.2, 0) is 11.8 Å². The highest BCUT2D eigenvalue weighted by molar-refractivity contribution is 7.09. The molecule has 1 N–H and O–H groups in total. The van der Waals surface area contributed by atoms with Gasteiger partial charge in [-0.1, -0.05) is 33.6 Å². The molecule has 1 aliphatic carbocycles. The molecule has 1 fully saturated rings. The molecule has 1 heterocycles. The zero-order chi connectivity index (χ0) is 12.5. The summed E-state index contributed by atoms with van der Waals surface area (Å²) in [5.41, 5.74) is 1.32. The minimum atomic E-state index is -0.106. The van der Waals surface area contributed by atoms with Gasteiger partial charge in [0.05, 0.1) is 16.8 Å². The third kappa shape index (κ3) is 3.29. The van der Waals surface area contributed by atoms with E-state index in [1.165, 1.54) is 23.5 Å². The van der Waals surface area contributed by atoms with Gasteiger partial charge in [-0.2, -0.15) is 0 Å². The maximum absolute atomic E-state index is 9.97. The summed E-state index contributed by atoms with van der Waals surface area (Å²) in [4.78, 5) is 4.72. The molecule has 0 amide bonds. The van der Waals surface area contributed by atoms with E-state index >= 15 is 0 Å². The van der Waals surface area contributed by atoms with E-state index in [0.717, 1.165) is 19.3 Å². The van der Waals surface area contributed by atoms with Crippen molar-refractivity contribution in [3.8, 4) is 0 Å². The van der Waals surface area contributed by atoms with Crippen LogP contribution >= 0.6 is 11.3 Å². The van der Waals surface area contributed by atoms with Crippen LogP contribution in [0.15, 0.2) is 5.38 Å². The van der Waals surface area contributed by atoms with Gasteiger partial charge in [0.15, 0.2) is 0 Å². The molecule has 0 bridgehead atoms. The van der Waals surface area contributed by atoms with Gasteiger partial charge in [-0.25, -0.2) is 4.98 Å². The van der Waals surface area contributed by atoms with Gasteiger partial charge in [0, 0.05) is 17.2 Å². The molecule has 2 atom stereocenters. The van der Waals surface area contributed by atoms with E-state index < -0.39 is 0 Å². The maximum atomic E-state index is 9.97. The lowest BCUT2D eigenvalue weighted by atomic mass is 9.84.